The molecule has 282 valence electrons. The van der Waals surface area contributed by atoms with E-state index >= 15 is 0 Å². The predicted octanol–water partition coefficient (Wildman–Crippen LogP) is 0.114. The lowest BCUT2D eigenvalue weighted by Gasteiger charge is -2.48. The van der Waals surface area contributed by atoms with Crippen LogP contribution in [0, 0.1) is 0 Å². The van der Waals surface area contributed by atoms with Gasteiger partial charge in [-0.3, -0.25) is 14.6 Å². The summed E-state index contributed by atoms with van der Waals surface area (Å²) in [4.78, 5) is 30.0. The van der Waals surface area contributed by atoms with Crippen molar-refractivity contribution in [3.8, 4) is 28.7 Å². The van der Waals surface area contributed by atoms with Crippen LogP contribution in [0.25, 0.3) is 0 Å². The van der Waals surface area contributed by atoms with Crippen molar-refractivity contribution in [3.05, 3.63) is 64.0 Å². The van der Waals surface area contributed by atoms with E-state index in [0.29, 0.717) is 41.7 Å². The zero-order valence-electron chi connectivity index (χ0n) is 28.8. The minimum atomic E-state index is -2.17. The van der Waals surface area contributed by atoms with Crippen molar-refractivity contribution in [1.82, 2.24) is 4.90 Å². The molecule has 6 aliphatic rings. The summed E-state index contributed by atoms with van der Waals surface area (Å²) < 4.78 is 42.1. The molecule has 17 nitrogen and oxygen atoms in total. The summed E-state index contributed by atoms with van der Waals surface area (Å²) in [6.07, 6.45) is -5.81. The molecule has 53 heavy (non-hydrogen) atoms. The van der Waals surface area contributed by atoms with Crippen LogP contribution in [0.3, 0.4) is 0 Å². The van der Waals surface area contributed by atoms with Crippen molar-refractivity contribution < 1.29 is 63.2 Å². The number of aliphatic carboxylic acids is 1. The van der Waals surface area contributed by atoms with Crippen LogP contribution in [0.15, 0.2) is 46.7 Å². The minimum absolute atomic E-state index is 0.128. The number of hydrogen-bond donors (Lipinski definition) is 6. The highest BCUT2D eigenvalue weighted by atomic mass is 16.7. The second-order valence-corrected chi connectivity index (χ2v) is 13.9. The highest BCUT2D eigenvalue weighted by Crippen LogP contribution is 2.58. The molecule has 0 saturated carbocycles. The molecule has 0 aliphatic carbocycles. The van der Waals surface area contributed by atoms with E-state index in [1.165, 1.54) is 0 Å². The van der Waals surface area contributed by atoms with Crippen LogP contribution in [0.5, 0.6) is 28.7 Å². The van der Waals surface area contributed by atoms with E-state index in [-0.39, 0.29) is 31.1 Å². The predicted molar refractivity (Wildman–Crippen MR) is 182 cm³/mol. The normalized spacial score (nSPS) is 29.4. The van der Waals surface area contributed by atoms with Crippen LogP contribution in [0.2, 0.25) is 0 Å². The molecule has 2 aromatic carbocycles. The summed E-state index contributed by atoms with van der Waals surface area (Å²) >= 11 is 0. The number of carboxylic acid groups (broad SMARTS) is 1. The van der Waals surface area contributed by atoms with E-state index in [1.807, 2.05) is 24.4 Å². The maximum Gasteiger partial charge on any atom is 0.317 e. The summed E-state index contributed by atoms with van der Waals surface area (Å²) in [6.45, 7) is 1.24. The van der Waals surface area contributed by atoms with Gasteiger partial charge in [-0.1, -0.05) is 6.07 Å². The molecule has 1 fully saturated rings. The number of carbonyl (C=O) groups is 2. The van der Waals surface area contributed by atoms with Gasteiger partial charge < -0.3 is 70.0 Å². The first-order chi connectivity index (χ1) is 25.4. The molecule has 6 aliphatic heterocycles. The number of nitrogens with two attached hydrogens (primary N) is 2. The smallest absolute Gasteiger partial charge is 0.317 e. The number of fused-ring (bicyclic) bond motifs is 8. The standard InChI is InChI=1S/C36H40N4O13/c1-47-21-4-3-17-19-14-49-23-9-22-16(18(12-40-11-15-6-8-39-20(15)13-40)26(23)28(19)52-29(17)30(21)48-2)5-7-36(46)33(45)27(44)31(53-35(36)50-22)32(34(37)38)51-25(43)10-24(41)42/h3-4,6,8-9,13,19,27-28,31-35,44-46H,5,7,10-12,14,37-38H2,1-2H3,(H,41,42). The van der Waals surface area contributed by atoms with Crippen molar-refractivity contribution in [2.75, 3.05) is 27.4 Å². The van der Waals surface area contributed by atoms with Crippen LogP contribution in [0.4, 0.5) is 0 Å². The molecule has 8 rings (SSSR count). The Bertz CT molecular complexity index is 1950. The monoisotopic (exact) mass is 736 g/mol. The number of hydrogen-bond acceptors (Lipinski definition) is 16. The average molecular weight is 737 g/mol. The molecule has 8 N–H and O–H groups in total. The third-order valence-electron chi connectivity index (χ3n) is 10.8. The largest absolute Gasteiger partial charge is 0.493 e. The van der Waals surface area contributed by atoms with Crippen molar-refractivity contribution in [2.24, 2.45) is 16.5 Å². The third kappa shape index (κ3) is 5.75. The van der Waals surface area contributed by atoms with Gasteiger partial charge >= 0.3 is 11.9 Å². The van der Waals surface area contributed by atoms with Crippen LogP contribution < -0.4 is 35.2 Å². The fourth-order valence-corrected chi connectivity index (χ4v) is 8.16. The number of aliphatic hydroxyl groups is 3. The molecule has 0 spiro atoms. The number of rotatable bonds is 9. The second kappa shape index (κ2) is 13.2. The van der Waals surface area contributed by atoms with Crippen LogP contribution in [-0.2, 0) is 32.0 Å². The van der Waals surface area contributed by atoms with Gasteiger partial charge in [0.2, 0.25) is 12.0 Å². The van der Waals surface area contributed by atoms with E-state index in [0.717, 1.165) is 28.0 Å². The quantitative estimate of drug-likeness (QED) is 0.114. The number of methoxy groups -OCH3 is 2. The maximum absolute atomic E-state index is 12.3. The molecule has 6 heterocycles. The molecule has 2 aromatic rings. The maximum atomic E-state index is 12.3. The van der Waals surface area contributed by atoms with Crippen LogP contribution in [0.1, 0.15) is 47.1 Å². The number of carboxylic acids is 1. The Labute approximate surface area is 302 Å². The SMILES string of the molecule is COc1ccc2c(c1OC)OC1c3c(cc4c(c3CN3C=C5N=CC=C5C3)CCC3(O)C(O4)OC(C(OC(=O)CC(=O)O)C(N)N)C(O)C3O)OCC21. The number of carbonyl (C=O) groups excluding carboxylic acids is 1. The van der Waals surface area contributed by atoms with Gasteiger partial charge in [0, 0.05) is 53.8 Å². The molecular formula is C36H40N4O13. The summed E-state index contributed by atoms with van der Waals surface area (Å²) in [6, 6.07) is 5.47. The Kier molecular flexibility index (Phi) is 8.74. The molecule has 8 atom stereocenters. The first-order valence-electron chi connectivity index (χ1n) is 17.2. The Hall–Kier alpha value is -4.91. The number of aliphatic hydroxyl groups excluding tert-OH is 2. The lowest BCUT2D eigenvalue weighted by atomic mass is 9.80. The molecule has 0 amide bonds. The van der Waals surface area contributed by atoms with Gasteiger partial charge in [0.1, 0.15) is 42.3 Å². The Morgan fingerprint density at radius 1 is 1.15 bits per heavy atom. The van der Waals surface area contributed by atoms with Gasteiger partial charge in [-0.25, -0.2) is 0 Å². The second-order valence-electron chi connectivity index (χ2n) is 13.9. The minimum Gasteiger partial charge on any atom is -0.493 e. The molecular weight excluding hydrogens is 696 g/mol. The lowest BCUT2D eigenvalue weighted by Crippen LogP contribution is -2.71. The summed E-state index contributed by atoms with van der Waals surface area (Å²) in [5, 5.41) is 43.8. The highest BCUT2D eigenvalue weighted by Gasteiger charge is 2.60. The molecule has 1 saturated heterocycles. The first-order valence-corrected chi connectivity index (χ1v) is 17.2. The lowest BCUT2D eigenvalue weighted by molar-refractivity contribution is -0.329. The van der Waals surface area contributed by atoms with Gasteiger partial charge in [0.05, 0.1) is 38.6 Å². The van der Waals surface area contributed by atoms with Crippen molar-refractivity contribution in [1.29, 1.82) is 0 Å². The van der Waals surface area contributed by atoms with Gasteiger partial charge in [-0.05, 0) is 30.5 Å². The number of allylic oxidation sites excluding steroid dienone is 1. The summed E-state index contributed by atoms with van der Waals surface area (Å²) in [7, 11) is 3.11. The summed E-state index contributed by atoms with van der Waals surface area (Å²) in [5.74, 6) is -0.532. The number of benzene rings is 2. The van der Waals surface area contributed by atoms with Gasteiger partial charge in [-0.2, -0.15) is 0 Å². The highest BCUT2D eigenvalue weighted by molar-refractivity contribution is 5.90. The number of aliphatic imine (C=N–C) groups is 1. The van der Waals surface area contributed by atoms with Crippen molar-refractivity contribution in [2.45, 2.75) is 80.3 Å². The van der Waals surface area contributed by atoms with Gasteiger partial charge in [-0.15, -0.1) is 0 Å². The van der Waals surface area contributed by atoms with Gasteiger partial charge in [0.15, 0.2) is 23.2 Å². The Morgan fingerprint density at radius 3 is 2.68 bits per heavy atom. The average Bonchev–Trinajstić information content (AvgIpc) is 3.81. The topological polar surface area (TPSA) is 247 Å². The van der Waals surface area contributed by atoms with Crippen molar-refractivity contribution >= 4 is 18.2 Å². The first kappa shape index (κ1) is 35.1. The summed E-state index contributed by atoms with van der Waals surface area (Å²) in [5.41, 5.74) is 14.7. The Balaban J connectivity index is 1.19. The molecule has 0 bridgehead atoms. The van der Waals surface area contributed by atoms with Crippen LogP contribution in [-0.4, -0.2) is 113 Å². The zero-order valence-corrected chi connectivity index (χ0v) is 28.8. The third-order valence-corrected chi connectivity index (χ3v) is 10.8. The van der Waals surface area contributed by atoms with E-state index in [1.54, 1.807) is 26.5 Å². The molecule has 17 heteroatoms. The van der Waals surface area contributed by atoms with E-state index in [9.17, 15) is 24.9 Å². The molecule has 8 unspecified atom stereocenters. The number of ether oxygens (including phenoxy) is 7. The molecule has 0 radical (unpaired) electrons. The van der Waals surface area contributed by atoms with Crippen LogP contribution >= 0.6 is 0 Å². The fraction of sp³-hybridized carbons (Fsp3) is 0.472. The van der Waals surface area contributed by atoms with E-state index < -0.39 is 66.9 Å². The Morgan fingerprint density at radius 2 is 1.96 bits per heavy atom. The fourth-order valence-electron chi connectivity index (χ4n) is 8.16. The van der Waals surface area contributed by atoms with E-state index in [2.05, 4.69) is 9.89 Å². The van der Waals surface area contributed by atoms with Crippen molar-refractivity contribution in [3.63, 3.8) is 0 Å². The van der Waals surface area contributed by atoms with E-state index in [4.69, 9.17) is 49.7 Å². The molecule has 0 aromatic heterocycles. The number of nitrogens with zero attached hydrogens (tertiary/aromatic N) is 2. The zero-order chi connectivity index (χ0) is 37.3. The van der Waals surface area contributed by atoms with Gasteiger partial charge in [0.25, 0.3) is 0 Å². The number of esters is 1.